The molecule has 1 aliphatic heterocycles. The van der Waals surface area contributed by atoms with Gasteiger partial charge in [0.05, 0.1) is 0 Å². The van der Waals surface area contributed by atoms with Crippen molar-refractivity contribution in [1.82, 2.24) is 14.7 Å². The van der Waals surface area contributed by atoms with Crippen LogP contribution in [0.2, 0.25) is 0 Å². The maximum atomic E-state index is 12.7. The van der Waals surface area contributed by atoms with Gasteiger partial charge in [-0.15, -0.1) is 0 Å². The second-order valence-electron chi connectivity index (χ2n) is 7.15. The van der Waals surface area contributed by atoms with Gasteiger partial charge < -0.3 is 9.64 Å². The van der Waals surface area contributed by atoms with Crippen LogP contribution in [0.5, 0.6) is 0 Å². The molecule has 1 aromatic heterocycles. The summed E-state index contributed by atoms with van der Waals surface area (Å²) in [5.74, 6) is -0.0210. The third-order valence-corrected chi connectivity index (χ3v) is 3.85. The molecular weight excluding hydrogens is 339 g/mol. The molecule has 0 radical (unpaired) electrons. The van der Waals surface area contributed by atoms with E-state index in [0.717, 1.165) is 10.7 Å². The van der Waals surface area contributed by atoms with Gasteiger partial charge in [-0.05, 0) is 45.6 Å². The van der Waals surface area contributed by atoms with Crippen LogP contribution in [0.1, 0.15) is 39.3 Å². The number of aromatic nitrogens is 2. The molecule has 25 heavy (non-hydrogen) atoms. The first-order valence-electron chi connectivity index (χ1n) is 8.09. The molecule has 1 saturated heterocycles. The summed E-state index contributed by atoms with van der Waals surface area (Å²) in [5.41, 5.74) is -2.23. The average Bonchev–Trinajstić information content (AvgIpc) is 2.47. The fourth-order valence-corrected chi connectivity index (χ4v) is 2.60. The van der Waals surface area contributed by atoms with Crippen LogP contribution in [-0.4, -0.2) is 39.5 Å². The quantitative estimate of drug-likeness (QED) is 0.813. The Morgan fingerprint density at radius 2 is 1.84 bits per heavy atom. The Bertz CT molecular complexity index is 672. The van der Waals surface area contributed by atoms with E-state index in [-0.39, 0.29) is 12.5 Å². The molecule has 0 aliphatic carbocycles. The molecule has 2 rings (SSSR count). The fraction of sp³-hybridized carbons (Fsp3) is 0.688. The summed E-state index contributed by atoms with van der Waals surface area (Å²) in [5, 5.41) is 3.41. The first-order chi connectivity index (χ1) is 11.5. The van der Waals surface area contributed by atoms with Gasteiger partial charge in [-0.1, -0.05) is 0 Å². The van der Waals surface area contributed by atoms with Crippen LogP contribution in [0.15, 0.2) is 16.9 Å². The summed E-state index contributed by atoms with van der Waals surface area (Å²) in [6.45, 7) is 6.32. The molecule has 0 atom stereocenters. The third-order valence-electron chi connectivity index (χ3n) is 3.85. The largest absolute Gasteiger partial charge is 0.444 e. The molecule has 1 aliphatic rings. The Kier molecular flexibility index (Phi) is 5.43. The summed E-state index contributed by atoms with van der Waals surface area (Å²) >= 11 is 0. The van der Waals surface area contributed by atoms with E-state index in [1.165, 1.54) is 0 Å². The number of hydrogen-bond donors (Lipinski definition) is 0. The number of ether oxygens (including phenoxy) is 1. The predicted molar refractivity (Wildman–Crippen MR) is 84.0 cm³/mol. The van der Waals surface area contributed by atoms with Gasteiger partial charge in [-0.25, -0.2) is 9.48 Å². The van der Waals surface area contributed by atoms with Crippen LogP contribution >= 0.6 is 0 Å². The molecule has 6 nitrogen and oxygen atoms in total. The number of amides is 1. The highest BCUT2D eigenvalue weighted by Crippen LogP contribution is 2.27. The topological polar surface area (TPSA) is 64.4 Å². The van der Waals surface area contributed by atoms with E-state index in [4.69, 9.17) is 4.74 Å². The second kappa shape index (κ2) is 7.05. The minimum Gasteiger partial charge on any atom is -0.444 e. The number of alkyl halides is 3. The second-order valence-corrected chi connectivity index (χ2v) is 7.15. The van der Waals surface area contributed by atoms with Crippen molar-refractivity contribution in [3.05, 3.63) is 28.2 Å². The van der Waals surface area contributed by atoms with Crippen LogP contribution in [0.3, 0.4) is 0 Å². The van der Waals surface area contributed by atoms with Gasteiger partial charge in [0.15, 0.2) is 5.69 Å². The van der Waals surface area contributed by atoms with Crippen LogP contribution in [-0.2, 0) is 17.5 Å². The van der Waals surface area contributed by atoms with E-state index in [9.17, 15) is 22.8 Å². The van der Waals surface area contributed by atoms with Crippen LogP contribution in [0.25, 0.3) is 0 Å². The zero-order chi connectivity index (χ0) is 18.8. The standard InChI is InChI=1S/C16H22F3N3O3/c1-15(2,3)25-14(24)21-8-6-11(7-9-21)10-22-13(23)5-4-12(20-22)16(17,18)19/h4-5,11H,6-10H2,1-3H3. The van der Waals surface area contributed by atoms with E-state index >= 15 is 0 Å². The molecule has 2 heterocycles. The van der Waals surface area contributed by atoms with E-state index in [0.29, 0.717) is 32.0 Å². The Balaban J connectivity index is 1.96. The maximum absolute atomic E-state index is 12.7. The van der Waals surface area contributed by atoms with Gasteiger partial charge in [0.25, 0.3) is 5.56 Å². The van der Waals surface area contributed by atoms with Crippen LogP contribution in [0.4, 0.5) is 18.0 Å². The minimum absolute atomic E-state index is 0.0210. The lowest BCUT2D eigenvalue weighted by atomic mass is 9.97. The molecule has 0 saturated carbocycles. The van der Waals surface area contributed by atoms with Gasteiger partial charge in [-0.2, -0.15) is 18.3 Å². The van der Waals surface area contributed by atoms with E-state index in [1.54, 1.807) is 25.7 Å². The van der Waals surface area contributed by atoms with Crippen molar-refractivity contribution >= 4 is 6.09 Å². The van der Waals surface area contributed by atoms with Crippen molar-refractivity contribution in [3.8, 4) is 0 Å². The van der Waals surface area contributed by atoms with Crippen molar-refractivity contribution in [2.45, 2.75) is 51.9 Å². The first kappa shape index (κ1) is 19.3. The highest BCUT2D eigenvalue weighted by atomic mass is 19.4. The molecule has 1 amide bonds. The van der Waals surface area contributed by atoms with Gasteiger partial charge in [0.1, 0.15) is 5.60 Å². The number of hydrogen-bond acceptors (Lipinski definition) is 4. The van der Waals surface area contributed by atoms with E-state index in [1.807, 2.05) is 0 Å². The number of carbonyl (C=O) groups excluding carboxylic acids is 1. The van der Waals surface area contributed by atoms with Gasteiger partial charge in [0.2, 0.25) is 0 Å². The zero-order valence-electron chi connectivity index (χ0n) is 14.5. The smallest absolute Gasteiger partial charge is 0.435 e. The molecule has 9 heteroatoms. The van der Waals surface area contributed by atoms with Crippen molar-refractivity contribution < 1.29 is 22.7 Å². The summed E-state index contributed by atoms with van der Waals surface area (Å²) < 4.78 is 44.3. The summed E-state index contributed by atoms with van der Waals surface area (Å²) in [7, 11) is 0. The van der Waals surface area contributed by atoms with Crippen molar-refractivity contribution in [2.75, 3.05) is 13.1 Å². The molecule has 1 fully saturated rings. The zero-order valence-corrected chi connectivity index (χ0v) is 14.5. The SMILES string of the molecule is CC(C)(C)OC(=O)N1CCC(Cn2nc(C(F)(F)F)ccc2=O)CC1. The summed E-state index contributed by atoms with van der Waals surface area (Å²) in [4.78, 5) is 25.3. The van der Waals surface area contributed by atoms with Crippen molar-refractivity contribution in [2.24, 2.45) is 5.92 Å². The number of piperidine rings is 1. The molecule has 1 aromatic rings. The number of rotatable bonds is 2. The van der Waals surface area contributed by atoms with Gasteiger partial charge in [0, 0.05) is 25.7 Å². The monoisotopic (exact) mass is 361 g/mol. The Labute approximate surface area is 143 Å². The number of carbonyl (C=O) groups is 1. The van der Waals surface area contributed by atoms with E-state index in [2.05, 4.69) is 5.10 Å². The van der Waals surface area contributed by atoms with Crippen molar-refractivity contribution in [3.63, 3.8) is 0 Å². The lowest BCUT2D eigenvalue weighted by Gasteiger charge is -2.33. The number of likely N-dealkylation sites (tertiary alicyclic amines) is 1. The summed E-state index contributed by atoms with van der Waals surface area (Å²) in [6.07, 6.45) is -3.84. The highest BCUT2D eigenvalue weighted by Gasteiger charge is 2.33. The fourth-order valence-electron chi connectivity index (χ4n) is 2.60. The van der Waals surface area contributed by atoms with Crippen molar-refractivity contribution in [1.29, 1.82) is 0 Å². The number of halogens is 3. The lowest BCUT2D eigenvalue weighted by Crippen LogP contribution is -2.43. The Hall–Kier alpha value is -2.06. The molecular formula is C16H22F3N3O3. The molecule has 0 aromatic carbocycles. The predicted octanol–water partition coefficient (Wildman–Crippen LogP) is 2.91. The molecule has 0 N–H and O–H groups in total. The normalized spacial score (nSPS) is 16.8. The van der Waals surface area contributed by atoms with Crippen LogP contribution < -0.4 is 5.56 Å². The summed E-state index contributed by atoms with van der Waals surface area (Å²) in [6, 6.07) is 1.57. The number of nitrogens with zero attached hydrogens (tertiary/aromatic N) is 3. The van der Waals surface area contributed by atoms with E-state index < -0.39 is 29.1 Å². The molecule has 0 bridgehead atoms. The van der Waals surface area contributed by atoms with Crippen LogP contribution in [0, 0.1) is 5.92 Å². The Morgan fingerprint density at radius 3 is 2.36 bits per heavy atom. The highest BCUT2D eigenvalue weighted by molar-refractivity contribution is 5.68. The van der Waals surface area contributed by atoms with Gasteiger partial charge in [-0.3, -0.25) is 4.79 Å². The third kappa shape index (κ3) is 5.47. The molecule has 140 valence electrons. The Morgan fingerprint density at radius 1 is 1.24 bits per heavy atom. The van der Waals surface area contributed by atoms with Gasteiger partial charge >= 0.3 is 12.3 Å². The molecule has 0 spiro atoms. The first-order valence-corrected chi connectivity index (χ1v) is 8.09. The minimum atomic E-state index is -4.59. The average molecular weight is 361 g/mol. The lowest BCUT2D eigenvalue weighted by molar-refractivity contribution is -0.142. The molecule has 0 unspecified atom stereocenters. The maximum Gasteiger partial charge on any atom is 0.435 e.